The van der Waals surface area contributed by atoms with Crippen molar-refractivity contribution in [3.8, 4) is 0 Å². The zero-order chi connectivity index (χ0) is 14.1. The van der Waals surface area contributed by atoms with Crippen LogP contribution in [0.5, 0.6) is 0 Å². The van der Waals surface area contributed by atoms with Gasteiger partial charge in [0.2, 0.25) is 0 Å². The van der Waals surface area contributed by atoms with Crippen molar-refractivity contribution in [2.45, 2.75) is 58.4 Å². The van der Waals surface area contributed by atoms with Gasteiger partial charge in [0.15, 0.2) is 0 Å². The quantitative estimate of drug-likeness (QED) is 0.527. The minimum Gasteiger partial charge on any atom is -0.466 e. The van der Waals surface area contributed by atoms with Gasteiger partial charge in [-0.25, -0.2) is 4.79 Å². The van der Waals surface area contributed by atoms with E-state index < -0.39 is 0 Å². The molecule has 0 radical (unpaired) electrons. The van der Waals surface area contributed by atoms with E-state index in [1.807, 2.05) is 0 Å². The van der Waals surface area contributed by atoms with Gasteiger partial charge in [0.1, 0.15) is 0 Å². The fourth-order valence-electron chi connectivity index (χ4n) is 2.28. The predicted octanol–water partition coefficient (Wildman–Crippen LogP) is 2.73. The van der Waals surface area contributed by atoms with Crippen LogP contribution in [0.1, 0.15) is 52.4 Å². The molecule has 1 amide bonds. The molecule has 0 aliphatic carbocycles. The standard InChI is InChI=1S/C14H25NO4/c1-3-5-11-19-14(17)15-10-6-7-12(15)8-9-13(16)18-4-2/h12H,3-11H2,1-2H3. The number of ether oxygens (including phenoxy) is 2. The van der Waals surface area contributed by atoms with Crippen LogP contribution in [0.25, 0.3) is 0 Å². The second-order valence-corrected chi connectivity index (χ2v) is 4.80. The number of hydrogen-bond acceptors (Lipinski definition) is 4. The molecular formula is C14H25NO4. The number of likely N-dealkylation sites (tertiary alicyclic amines) is 1. The van der Waals surface area contributed by atoms with Crippen LogP contribution in [-0.4, -0.2) is 42.8 Å². The molecule has 0 spiro atoms. The lowest BCUT2D eigenvalue weighted by Gasteiger charge is -2.23. The SMILES string of the molecule is CCCCOC(=O)N1CCCC1CCC(=O)OCC. The fourth-order valence-corrected chi connectivity index (χ4v) is 2.28. The van der Waals surface area contributed by atoms with E-state index in [1.54, 1.807) is 11.8 Å². The molecule has 0 aromatic heterocycles. The summed E-state index contributed by atoms with van der Waals surface area (Å²) in [4.78, 5) is 25.0. The zero-order valence-corrected chi connectivity index (χ0v) is 12.0. The number of amides is 1. The van der Waals surface area contributed by atoms with Gasteiger partial charge < -0.3 is 14.4 Å². The highest BCUT2D eigenvalue weighted by molar-refractivity contribution is 5.70. The van der Waals surface area contributed by atoms with E-state index in [0.717, 1.165) is 32.2 Å². The molecule has 0 bridgehead atoms. The maximum Gasteiger partial charge on any atom is 0.410 e. The van der Waals surface area contributed by atoms with Crippen molar-refractivity contribution >= 4 is 12.1 Å². The molecular weight excluding hydrogens is 246 g/mol. The Morgan fingerprint density at radius 1 is 1.26 bits per heavy atom. The summed E-state index contributed by atoms with van der Waals surface area (Å²) in [5, 5.41) is 0. The first-order valence-electron chi connectivity index (χ1n) is 7.28. The largest absolute Gasteiger partial charge is 0.466 e. The molecule has 1 heterocycles. The van der Waals surface area contributed by atoms with Gasteiger partial charge in [-0.2, -0.15) is 0 Å². The molecule has 0 aromatic carbocycles. The molecule has 1 fully saturated rings. The molecule has 1 aliphatic rings. The predicted molar refractivity (Wildman–Crippen MR) is 71.9 cm³/mol. The van der Waals surface area contributed by atoms with Crippen molar-refractivity contribution in [3.05, 3.63) is 0 Å². The van der Waals surface area contributed by atoms with Crippen molar-refractivity contribution in [3.63, 3.8) is 0 Å². The van der Waals surface area contributed by atoms with Crippen LogP contribution in [0.15, 0.2) is 0 Å². The molecule has 1 unspecified atom stereocenters. The van der Waals surface area contributed by atoms with Crippen LogP contribution in [0.2, 0.25) is 0 Å². The summed E-state index contributed by atoms with van der Waals surface area (Å²) >= 11 is 0. The molecule has 5 nitrogen and oxygen atoms in total. The Morgan fingerprint density at radius 2 is 2.05 bits per heavy atom. The highest BCUT2D eigenvalue weighted by Gasteiger charge is 2.30. The lowest BCUT2D eigenvalue weighted by atomic mass is 10.1. The first kappa shape index (κ1) is 15.8. The molecule has 0 N–H and O–H groups in total. The normalized spacial score (nSPS) is 18.4. The summed E-state index contributed by atoms with van der Waals surface area (Å²) < 4.78 is 10.1. The van der Waals surface area contributed by atoms with Crippen LogP contribution in [0.3, 0.4) is 0 Å². The Morgan fingerprint density at radius 3 is 2.74 bits per heavy atom. The number of unbranched alkanes of at least 4 members (excludes halogenated alkanes) is 1. The molecule has 1 saturated heterocycles. The molecule has 1 rings (SSSR count). The second kappa shape index (κ2) is 8.77. The van der Waals surface area contributed by atoms with Crippen LogP contribution in [0, 0.1) is 0 Å². The molecule has 1 atom stereocenters. The fraction of sp³-hybridized carbons (Fsp3) is 0.857. The third-order valence-corrected chi connectivity index (χ3v) is 3.32. The Labute approximate surface area is 115 Å². The van der Waals surface area contributed by atoms with Gasteiger partial charge in [-0.05, 0) is 32.6 Å². The highest BCUT2D eigenvalue weighted by atomic mass is 16.6. The van der Waals surface area contributed by atoms with Crippen LogP contribution < -0.4 is 0 Å². The smallest absolute Gasteiger partial charge is 0.410 e. The summed E-state index contributed by atoms with van der Waals surface area (Å²) in [5.74, 6) is -0.186. The lowest BCUT2D eigenvalue weighted by Crippen LogP contribution is -2.36. The van der Waals surface area contributed by atoms with Gasteiger partial charge in [-0.15, -0.1) is 0 Å². The molecule has 19 heavy (non-hydrogen) atoms. The van der Waals surface area contributed by atoms with Gasteiger partial charge in [0, 0.05) is 19.0 Å². The maximum absolute atomic E-state index is 11.9. The number of hydrogen-bond donors (Lipinski definition) is 0. The summed E-state index contributed by atoms with van der Waals surface area (Å²) in [6.07, 6.45) is 4.64. The summed E-state index contributed by atoms with van der Waals surface area (Å²) in [5.41, 5.74) is 0. The van der Waals surface area contributed by atoms with Crippen molar-refractivity contribution in [1.82, 2.24) is 4.90 Å². The minimum atomic E-state index is -0.236. The Kier molecular flexibility index (Phi) is 7.30. The minimum absolute atomic E-state index is 0.124. The third kappa shape index (κ3) is 5.49. The Hall–Kier alpha value is -1.26. The van der Waals surface area contributed by atoms with E-state index in [-0.39, 0.29) is 18.1 Å². The Bertz CT molecular complexity index is 293. The Balaban J connectivity index is 2.32. The van der Waals surface area contributed by atoms with E-state index >= 15 is 0 Å². The van der Waals surface area contributed by atoms with Gasteiger partial charge in [0.05, 0.1) is 13.2 Å². The summed E-state index contributed by atoms with van der Waals surface area (Å²) in [7, 11) is 0. The number of carbonyl (C=O) groups is 2. The number of carbonyl (C=O) groups excluding carboxylic acids is 2. The van der Waals surface area contributed by atoms with Crippen molar-refractivity contribution < 1.29 is 19.1 Å². The monoisotopic (exact) mass is 271 g/mol. The number of esters is 1. The van der Waals surface area contributed by atoms with E-state index in [4.69, 9.17) is 9.47 Å². The average Bonchev–Trinajstić information content (AvgIpc) is 2.85. The van der Waals surface area contributed by atoms with E-state index in [9.17, 15) is 9.59 Å². The van der Waals surface area contributed by atoms with Gasteiger partial charge in [-0.3, -0.25) is 4.79 Å². The highest BCUT2D eigenvalue weighted by Crippen LogP contribution is 2.22. The van der Waals surface area contributed by atoms with Crippen LogP contribution in [-0.2, 0) is 14.3 Å². The van der Waals surface area contributed by atoms with E-state index in [1.165, 1.54) is 0 Å². The number of rotatable bonds is 7. The molecule has 5 heteroatoms. The molecule has 1 aliphatic heterocycles. The summed E-state index contributed by atoms with van der Waals surface area (Å²) in [6, 6.07) is 0.124. The van der Waals surface area contributed by atoms with Crippen LogP contribution >= 0.6 is 0 Å². The first-order chi connectivity index (χ1) is 9.19. The van der Waals surface area contributed by atoms with Gasteiger partial charge >= 0.3 is 12.1 Å². The topological polar surface area (TPSA) is 55.8 Å². The maximum atomic E-state index is 11.9. The van der Waals surface area contributed by atoms with Gasteiger partial charge in [-0.1, -0.05) is 13.3 Å². The van der Waals surface area contributed by atoms with Crippen molar-refractivity contribution in [2.75, 3.05) is 19.8 Å². The van der Waals surface area contributed by atoms with Gasteiger partial charge in [0.25, 0.3) is 0 Å². The van der Waals surface area contributed by atoms with Crippen molar-refractivity contribution in [1.29, 1.82) is 0 Å². The number of nitrogens with zero attached hydrogens (tertiary/aromatic N) is 1. The third-order valence-electron chi connectivity index (χ3n) is 3.32. The zero-order valence-electron chi connectivity index (χ0n) is 12.0. The van der Waals surface area contributed by atoms with E-state index in [2.05, 4.69) is 6.92 Å². The molecule has 110 valence electrons. The van der Waals surface area contributed by atoms with Crippen LogP contribution in [0.4, 0.5) is 4.79 Å². The molecule has 0 saturated carbocycles. The average molecular weight is 271 g/mol. The molecule has 0 aromatic rings. The first-order valence-corrected chi connectivity index (χ1v) is 7.28. The second-order valence-electron chi connectivity index (χ2n) is 4.80. The van der Waals surface area contributed by atoms with E-state index in [0.29, 0.717) is 26.1 Å². The lowest BCUT2D eigenvalue weighted by molar-refractivity contribution is -0.143. The van der Waals surface area contributed by atoms with Crippen molar-refractivity contribution in [2.24, 2.45) is 0 Å². The summed E-state index contributed by atoms with van der Waals surface area (Å²) in [6.45, 7) is 5.48.